The summed E-state index contributed by atoms with van der Waals surface area (Å²) in [6, 6.07) is 11.7. The molecule has 0 atom stereocenters. The zero-order chi connectivity index (χ0) is 20.5. The van der Waals surface area contributed by atoms with E-state index in [1.807, 2.05) is 39.0 Å². The summed E-state index contributed by atoms with van der Waals surface area (Å²) in [6.45, 7) is 7.46. The highest BCUT2D eigenvalue weighted by molar-refractivity contribution is 5.96. The highest BCUT2D eigenvalue weighted by Gasteiger charge is 2.23. The topological polar surface area (TPSA) is 77.2 Å². The Morgan fingerprint density at radius 1 is 1.21 bits per heavy atom. The zero-order valence-corrected chi connectivity index (χ0v) is 16.5. The van der Waals surface area contributed by atoms with Gasteiger partial charge in [-0.1, -0.05) is 6.07 Å². The van der Waals surface area contributed by atoms with Crippen LogP contribution in [0, 0.1) is 19.7 Å². The number of benzene rings is 2. The van der Waals surface area contributed by atoms with E-state index in [9.17, 15) is 9.18 Å². The molecular formula is C22H24FN3O2. The second-order valence-corrected chi connectivity index (χ2v) is 7.59. The van der Waals surface area contributed by atoms with E-state index in [0.29, 0.717) is 22.6 Å². The van der Waals surface area contributed by atoms with E-state index in [4.69, 9.17) is 10.5 Å². The van der Waals surface area contributed by atoms with Gasteiger partial charge in [0.05, 0.1) is 16.4 Å². The number of aromatic nitrogens is 1. The molecule has 5 nitrogen and oxygen atoms in total. The Labute approximate surface area is 163 Å². The van der Waals surface area contributed by atoms with Crippen LogP contribution in [0.25, 0.3) is 10.9 Å². The number of hydrogen-bond acceptors (Lipinski definition) is 4. The van der Waals surface area contributed by atoms with Crippen LogP contribution in [0.1, 0.15) is 35.5 Å². The lowest BCUT2D eigenvalue weighted by atomic mass is 10.0. The molecule has 3 rings (SSSR count). The number of fused-ring (bicyclic) bond motifs is 1. The number of halogens is 1. The molecule has 1 aromatic heterocycles. The summed E-state index contributed by atoms with van der Waals surface area (Å²) in [5.41, 5.74) is 8.53. The first-order chi connectivity index (χ1) is 13.2. The molecule has 0 radical (unpaired) electrons. The van der Waals surface area contributed by atoms with Crippen LogP contribution in [-0.2, 0) is 0 Å². The molecule has 0 unspecified atom stereocenters. The number of nitrogens with zero attached hydrogens (tertiary/aromatic N) is 1. The molecule has 0 saturated carbocycles. The summed E-state index contributed by atoms with van der Waals surface area (Å²) in [6.07, 6.45) is 0. The standard InChI is InChI=1S/C22H24FN3O2/c1-13-10-15(8-9-16(13)23)21(27)26-22(3,4)12-28-19-7-5-6-18-20(19)17(24)11-14(2)25-18/h5-11H,12H2,1-4H3,(H2,24,25)(H,26,27). The summed E-state index contributed by atoms with van der Waals surface area (Å²) in [5.74, 6) is -0.00888. The second kappa shape index (κ2) is 7.46. The predicted octanol–water partition coefficient (Wildman–Crippen LogP) is 4.16. The predicted molar refractivity (Wildman–Crippen MR) is 109 cm³/mol. The summed E-state index contributed by atoms with van der Waals surface area (Å²) in [7, 11) is 0. The van der Waals surface area contributed by atoms with Gasteiger partial charge in [-0.05, 0) is 69.7 Å². The molecule has 0 bridgehead atoms. The van der Waals surface area contributed by atoms with Crippen molar-refractivity contribution in [1.29, 1.82) is 0 Å². The van der Waals surface area contributed by atoms with Crippen LogP contribution in [-0.4, -0.2) is 23.0 Å². The lowest BCUT2D eigenvalue weighted by Crippen LogP contribution is -2.47. The van der Waals surface area contributed by atoms with Crippen molar-refractivity contribution in [1.82, 2.24) is 10.3 Å². The van der Waals surface area contributed by atoms with E-state index < -0.39 is 5.54 Å². The number of carbonyl (C=O) groups is 1. The fraction of sp³-hybridized carbons (Fsp3) is 0.273. The third-order valence-electron chi connectivity index (χ3n) is 4.41. The molecule has 0 aliphatic carbocycles. The lowest BCUT2D eigenvalue weighted by molar-refractivity contribution is 0.0881. The first-order valence-corrected chi connectivity index (χ1v) is 9.03. The van der Waals surface area contributed by atoms with E-state index >= 15 is 0 Å². The lowest BCUT2D eigenvalue weighted by Gasteiger charge is -2.27. The van der Waals surface area contributed by atoms with Crippen molar-refractivity contribution in [2.45, 2.75) is 33.2 Å². The van der Waals surface area contributed by atoms with E-state index in [1.165, 1.54) is 18.2 Å². The quantitative estimate of drug-likeness (QED) is 0.696. The van der Waals surface area contributed by atoms with Gasteiger partial charge in [0.1, 0.15) is 18.2 Å². The van der Waals surface area contributed by atoms with Crippen LogP contribution in [0.4, 0.5) is 10.1 Å². The van der Waals surface area contributed by atoms with Crippen molar-refractivity contribution in [3.63, 3.8) is 0 Å². The van der Waals surface area contributed by atoms with Crippen molar-refractivity contribution in [2.75, 3.05) is 12.3 Å². The first kappa shape index (κ1) is 19.6. The van der Waals surface area contributed by atoms with Crippen molar-refractivity contribution in [3.8, 4) is 5.75 Å². The zero-order valence-electron chi connectivity index (χ0n) is 16.5. The van der Waals surface area contributed by atoms with Gasteiger partial charge in [-0.2, -0.15) is 0 Å². The van der Waals surface area contributed by atoms with Gasteiger partial charge >= 0.3 is 0 Å². The summed E-state index contributed by atoms with van der Waals surface area (Å²) >= 11 is 0. The number of nitrogen functional groups attached to an aromatic ring is 1. The summed E-state index contributed by atoms with van der Waals surface area (Å²) < 4.78 is 19.4. The Morgan fingerprint density at radius 2 is 1.96 bits per heavy atom. The summed E-state index contributed by atoms with van der Waals surface area (Å²) in [4.78, 5) is 17.0. The maximum absolute atomic E-state index is 13.4. The number of rotatable bonds is 5. The van der Waals surface area contributed by atoms with Crippen LogP contribution in [0.3, 0.4) is 0 Å². The number of amides is 1. The van der Waals surface area contributed by atoms with Gasteiger partial charge < -0.3 is 15.8 Å². The van der Waals surface area contributed by atoms with Gasteiger partial charge in [-0.15, -0.1) is 0 Å². The van der Waals surface area contributed by atoms with Gasteiger partial charge in [0.2, 0.25) is 0 Å². The van der Waals surface area contributed by atoms with Crippen molar-refractivity contribution < 1.29 is 13.9 Å². The Balaban J connectivity index is 1.75. The minimum atomic E-state index is -0.658. The molecule has 3 aromatic rings. The highest BCUT2D eigenvalue weighted by Crippen LogP contribution is 2.30. The average Bonchev–Trinajstić information content (AvgIpc) is 2.61. The van der Waals surface area contributed by atoms with E-state index in [0.717, 1.165) is 16.6 Å². The monoisotopic (exact) mass is 381 g/mol. The van der Waals surface area contributed by atoms with Crippen LogP contribution < -0.4 is 15.8 Å². The van der Waals surface area contributed by atoms with Crippen molar-refractivity contribution >= 4 is 22.5 Å². The molecule has 2 aromatic carbocycles. The first-order valence-electron chi connectivity index (χ1n) is 9.03. The van der Waals surface area contributed by atoms with Crippen molar-refractivity contribution in [3.05, 3.63) is 65.1 Å². The van der Waals surface area contributed by atoms with Gasteiger partial charge in [-0.25, -0.2) is 4.39 Å². The molecule has 0 aliphatic rings. The van der Waals surface area contributed by atoms with Gasteiger partial charge in [-0.3, -0.25) is 9.78 Å². The normalized spacial score (nSPS) is 11.5. The smallest absolute Gasteiger partial charge is 0.251 e. The molecular weight excluding hydrogens is 357 g/mol. The number of aryl methyl sites for hydroxylation is 2. The molecule has 1 heterocycles. The Hall–Kier alpha value is -3.15. The molecule has 6 heteroatoms. The molecule has 0 fully saturated rings. The number of anilines is 1. The minimum Gasteiger partial charge on any atom is -0.490 e. The van der Waals surface area contributed by atoms with Crippen LogP contribution in [0.5, 0.6) is 5.75 Å². The molecule has 1 amide bonds. The van der Waals surface area contributed by atoms with Gasteiger partial charge in [0.15, 0.2) is 0 Å². The number of carbonyl (C=O) groups excluding carboxylic acids is 1. The van der Waals surface area contributed by atoms with Crippen LogP contribution >= 0.6 is 0 Å². The molecule has 0 aliphatic heterocycles. The maximum Gasteiger partial charge on any atom is 0.251 e. The number of nitrogens with two attached hydrogens (primary N) is 1. The third-order valence-corrected chi connectivity index (χ3v) is 4.41. The average molecular weight is 381 g/mol. The summed E-state index contributed by atoms with van der Waals surface area (Å²) in [5, 5.41) is 3.68. The molecule has 3 N–H and O–H groups in total. The van der Waals surface area contributed by atoms with Gasteiger partial charge in [0.25, 0.3) is 5.91 Å². The SMILES string of the molecule is Cc1cc(N)c2c(OCC(C)(C)NC(=O)c3ccc(F)c(C)c3)cccc2n1. The van der Waals surface area contributed by atoms with E-state index in [2.05, 4.69) is 10.3 Å². The number of pyridine rings is 1. The van der Waals surface area contributed by atoms with E-state index in [-0.39, 0.29) is 18.3 Å². The number of ether oxygens (including phenoxy) is 1. The molecule has 146 valence electrons. The molecule has 28 heavy (non-hydrogen) atoms. The molecule has 0 spiro atoms. The van der Waals surface area contributed by atoms with Crippen LogP contribution in [0.15, 0.2) is 42.5 Å². The largest absolute Gasteiger partial charge is 0.490 e. The number of hydrogen-bond donors (Lipinski definition) is 2. The second-order valence-electron chi connectivity index (χ2n) is 7.59. The molecule has 0 saturated heterocycles. The van der Waals surface area contributed by atoms with Gasteiger partial charge in [0, 0.05) is 16.9 Å². The maximum atomic E-state index is 13.4. The fourth-order valence-electron chi connectivity index (χ4n) is 3.00. The third kappa shape index (κ3) is 4.22. The van der Waals surface area contributed by atoms with Crippen LogP contribution in [0.2, 0.25) is 0 Å². The Bertz CT molecular complexity index is 1050. The highest BCUT2D eigenvalue weighted by atomic mass is 19.1. The minimum absolute atomic E-state index is 0.228. The Kier molecular flexibility index (Phi) is 5.23. The van der Waals surface area contributed by atoms with Crippen molar-refractivity contribution in [2.24, 2.45) is 0 Å². The van der Waals surface area contributed by atoms with E-state index in [1.54, 1.807) is 13.0 Å². The number of nitrogens with one attached hydrogen (secondary N) is 1. The fourth-order valence-corrected chi connectivity index (χ4v) is 3.00. The Morgan fingerprint density at radius 3 is 2.68 bits per heavy atom.